The number of hydroxylamine groups is 1. The number of pyridine rings is 2. The summed E-state index contributed by atoms with van der Waals surface area (Å²) in [7, 11) is 3.82. The first-order valence-corrected chi connectivity index (χ1v) is 11.8. The van der Waals surface area contributed by atoms with Crippen LogP contribution in [-0.2, 0) is 9.63 Å². The normalized spacial score (nSPS) is 11.8. The number of hydrogen-bond donors (Lipinski definition) is 1. The van der Waals surface area contributed by atoms with Crippen molar-refractivity contribution in [2.45, 2.75) is 19.3 Å². The van der Waals surface area contributed by atoms with Gasteiger partial charge in [0.25, 0.3) is 0 Å². The van der Waals surface area contributed by atoms with E-state index in [0.29, 0.717) is 22.6 Å². The molecule has 0 aliphatic rings. The highest BCUT2D eigenvalue weighted by Crippen LogP contribution is 2.30. The van der Waals surface area contributed by atoms with E-state index in [1.54, 1.807) is 28.9 Å². The Morgan fingerprint density at radius 1 is 0.976 bits per heavy atom. The summed E-state index contributed by atoms with van der Waals surface area (Å²) in [6.45, 7) is 0.0719. The molecule has 0 saturated carbocycles. The molecule has 0 unspecified atom stereocenters. The van der Waals surface area contributed by atoms with Crippen molar-refractivity contribution in [3.05, 3.63) is 66.6 Å². The number of anilines is 2. The number of hydrogen-bond acceptors (Lipinski definition) is 6. The van der Waals surface area contributed by atoms with Crippen molar-refractivity contribution < 1.29 is 40.8 Å². The quantitative estimate of drug-likeness (QED) is 0.246. The second kappa shape index (κ2) is 11.0. The number of aromatic nitrogens is 3. The molecule has 0 radical (unpaired) electrons. The number of carbonyl (C=O) groups is 2. The molecule has 0 atom stereocenters. The second-order valence-corrected chi connectivity index (χ2v) is 9.03. The zero-order valence-corrected chi connectivity index (χ0v) is 21.7. The van der Waals surface area contributed by atoms with Gasteiger partial charge in [-0.05, 0) is 42.8 Å². The van der Waals surface area contributed by atoms with E-state index in [2.05, 4.69) is 14.8 Å². The summed E-state index contributed by atoms with van der Waals surface area (Å²) in [5.41, 5.74) is 4.21. The highest BCUT2D eigenvalue weighted by molar-refractivity contribution is 5.93. The summed E-state index contributed by atoms with van der Waals surface area (Å²) >= 11 is 0. The van der Waals surface area contributed by atoms with Gasteiger partial charge in [-0.15, -0.1) is 5.06 Å². The van der Waals surface area contributed by atoms with E-state index in [0.717, 1.165) is 22.9 Å². The monoisotopic (exact) mass is 580 g/mol. The standard InChI is InChI=1S/C26H22F6N6O3/c1-15-12-33-19(11-20(15)36(2)3)16-7-8-37-21(13-34-22(37)10-16)17-5-4-6-18(9-17)38(41-23(39)26(30,31)32)24(40)35-14-25(27,28)29/h4-13H,14H2,1-3H3,(H,35,40). The Bertz CT molecular complexity index is 1600. The maximum absolute atomic E-state index is 12.8. The first-order chi connectivity index (χ1) is 19.1. The van der Waals surface area contributed by atoms with Crippen molar-refractivity contribution in [3.8, 4) is 22.5 Å². The molecule has 3 aromatic heterocycles. The van der Waals surface area contributed by atoms with E-state index < -0.39 is 36.6 Å². The number of carbonyl (C=O) groups excluding carboxylic acids is 2. The van der Waals surface area contributed by atoms with Crippen LogP contribution in [-0.4, -0.2) is 59.4 Å². The van der Waals surface area contributed by atoms with E-state index >= 15 is 0 Å². The number of nitrogens with one attached hydrogen (secondary N) is 1. The molecule has 216 valence electrons. The summed E-state index contributed by atoms with van der Waals surface area (Å²) in [6, 6.07) is 8.85. The Hall–Kier alpha value is -4.82. The Morgan fingerprint density at radius 2 is 1.71 bits per heavy atom. The Kier molecular flexibility index (Phi) is 7.81. The highest BCUT2D eigenvalue weighted by atomic mass is 19.4. The van der Waals surface area contributed by atoms with Crippen LogP contribution in [0.4, 0.5) is 42.5 Å². The molecule has 9 nitrogen and oxygen atoms in total. The van der Waals surface area contributed by atoms with Gasteiger partial charge in [0.05, 0.1) is 23.3 Å². The van der Waals surface area contributed by atoms with Crippen LogP contribution in [0.1, 0.15) is 5.56 Å². The summed E-state index contributed by atoms with van der Waals surface area (Å²) in [5.74, 6) is -2.80. The van der Waals surface area contributed by atoms with Crippen LogP contribution in [0, 0.1) is 6.92 Å². The molecule has 0 spiro atoms. The van der Waals surface area contributed by atoms with Crippen LogP contribution in [0.15, 0.2) is 61.1 Å². The molecule has 0 aliphatic carbocycles. The number of benzene rings is 1. The van der Waals surface area contributed by atoms with Crippen molar-refractivity contribution in [3.63, 3.8) is 0 Å². The van der Waals surface area contributed by atoms with Gasteiger partial charge in [0.2, 0.25) is 0 Å². The molecule has 3 heterocycles. The van der Waals surface area contributed by atoms with E-state index in [4.69, 9.17) is 0 Å². The minimum atomic E-state index is -5.51. The molecule has 4 aromatic rings. The lowest BCUT2D eigenvalue weighted by Crippen LogP contribution is -2.46. The van der Waals surface area contributed by atoms with Crippen LogP contribution in [0.3, 0.4) is 0 Å². The molecule has 15 heteroatoms. The number of alkyl halides is 6. The lowest BCUT2D eigenvalue weighted by molar-refractivity contribution is -0.199. The van der Waals surface area contributed by atoms with Crippen LogP contribution >= 0.6 is 0 Å². The smallest absolute Gasteiger partial charge is 0.377 e. The number of halogens is 6. The topological polar surface area (TPSA) is 92.1 Å². The van der Waals surface area contributed by atoms with Crippen LogP contribution in [0.2, 0.25) is 0 Å². The van der Waals surface area contributed by atoms with E-state index in [1.807, 2.05) is 32.0 Å². The summed E-state index contributed by atoms with van der Waals surface area (Å²) in [4.78, 5) is 38.8. The minimum absolute atomic E-state index is 0.183. The van der Waals surface area contributed by atoms with Gasteiger partial charge < -0.3 is 15.1 Å². The van der Waals surface area contributed by atoms with Gasteiger partial charge in [0, 0.05) is 43.3 Å². The molecule has 2 amide bonds. The number of amides is 2. The molecule has 1 N–H and O–H groups in total. The zero-order valence-electron chi connectivity index (χ0n) is 21.7. The molecule has 0 saturated heterocycles. The number of fused-ring (bicyclic) bond motifs is 1. The first-order valence-electron chi connectivity index (χ1n) is 11.8. The zero-order chi connectivity index (χ0) is 30.1. The number of aryl methyl sites for hydroxylation is 1. The third-order valence-electron chi connectivity index (χ3n) is 5.77. The van der Waals surface area contributed by atoms with Crippen molar-refractivity contribution in [2.75, 3.05) is 30.6 Å². The summed E-state index contributed by atoms with van der Waals surface area (Å²) in [5, 5.41) is 1.21. The highest BCUT2D eigenvalue weighted by Gasteiger charge is 2.44. The SMILES string of the molecule is Cc1cnc(-c2ccn3c(-c4cccc(N(OC(=O)C(F)(F)F)C(=O)NCC(F)(F)F)c4)cnc3c2)cc1N(C)C. The van der Waals surface area contributed by atoms with Crippen molar-refractivity contribution in [2.24, 2.45) is 0 Å². The predicted molar refractivity (Wildman–Crippen MR) is 137 cm³/mol. The van der Waals surface area contributed by atoms with Crippen molar-refractivity contribution in [1.29, 1.82) is 0 Å². The summed E-state index contributed by atoms with van der Waals surface area (Å²) in [6.07, 6.45) is -5.48. The molecule has 0 bridgehead atoms. The van der Waals surface area contributed by atoms with Crippen LogP contribution in [0.25, 0.3) is 28.2 Å². The van der Waals surface area contributed by atoms with Gasteiger partial charge in [0.1, 0.15) is 12.2 Å². The molecule has 0 aliphatic heterocycles. The average Bonchev–Trinajstić information content (AvgIpc) is 3.33. The lowest BCUT2D eigenvalue weighted by atomic mass is 10.1. The van der Waals surface area contributed by atoms with Crippen LogP contribution < -0.4 is 15.3 Å². The Morgan fingerprint density at radius 3 is 2.37 bits per heavy atom. The molecular formula is C26H22F6N6O3. The number of urea groups is 1. The Labute approximate surface area is 228 Å². The first kappa shape index (κ1) is 29.2. The van der Waals surface area contributed by atoms with E-state index in [-0.39, 0.29) is 5.06 Å². The van der Waals surface area contributed by atoms with Gasteiger partial charge in [-0.1, -0.05) is 12.1 Å². The minimum Gasteiger partial charge on any atom is -0.377 e. The lowest BCUT2D eigenvalue weighted by Gasteiger charge is -2.22. The van der Waals surface area contributed by atoms with Gasteiger partial charge in [0.15, 0.2) is 0 Å². The van der Waals surface area contributed by atoms with Crippen LogP contribution in [0.5, 0.6) is 0 Å². The van der Waals surface area contributed by atoms with Gasteiger partial charge >= 0.3 is 24.4 Å². The Balaban J connectivity index is 1.69. The van der Waals surface area contributed by atoms with Gasteiger partial charge in [-0.3, -0.25) is 9.38 Å². The van der Waals surface area contributed by atoms with Gasteiger partial charge in [-0.2, -0.15) is 26.3 Å². The molecule has 1 aromatic carbocycles. The number of rotatable bonds is 5. The molecular weight excluding hydrogens is 558 g/mol. The summed E-state index contributed by atoms with van der Waals surface area (Å²) < 4.78 is 78.0. The third-order valence-corrected chi connectivity index (χ3v) is 5.77. The number of nitrogens with zero attached hydrogens (tertiary/aromatic N) is 5. The maximum atomic E-state index is 12.8. The molecule has 4 rings (SSSR count). The third kappa shape index (κ3) is 6.67. The number of imidazole rings is 1. The second-order valence-electron chi connectivity index (χ2n) is 9.03. The molecule has 41 heavy (non-hydrogen) atoms. The fraction of sp³-hybridized carbons (Fsp3) is 0.231. The van der Waals surface area contributed by atoms with Crippen molar-refractivity contribution >= 4 is 29.0 Å². The van der Waals surface area contributed by atoms with Gasteiger partial charge in [-0.25, -0.2) is 14.6 Å². The molecule has 0 fully saturated rings. The fourth-order valence-corrected chi connectivity index (χ4v) is 3.89. The van der Waals surface area contributed by atoms with Crippen molar-refractivity contribution in [1.82, 2.24) is 19.7 Å². The predicted octanol–water partition coefficient (Wildman–Crippen LogP) is 5.54. The average molecular weight is 580 g/mol. The fourth-order valence-electron chi connectivity index (χ4n) is 3.89. The maximum Gasteiger partial charge on any atom is 0.493 e. The van der Waals surface area contributed by atoms with E-state index in [9.17, 15) is 35.9 Å². The van der Waals surface area contributed by atoms with E-state index in [1.165, 1.54) is 29.7 Å². The largest absolute Gasteiger partial charge is 0.493 e.